The molecule has 1 atom stereocenters. The van der Waals surface area contributed by atoms with Crippen molar-refractivity contribution in [3.8, 4) is 0 Å². The summed E-state index contributed by atoms with van der Waals surface area (Å²) in [4.78, 5) is 0. The lowest BCUT2D eigenvalue weighted by atomic mass is 9.91. The molecule has 0 bridgehead atoms. The molecule has 0 spiro atoms. The maximum absolute atomic E-state index is 11.9. The molecular weight excluding hydrogens is 240 g/mol. The molecule has 1 fully saturated rings. The van der Waals surface area contributed by atoms with Crippen LogP contribution in [0.25, 0.3) is 0 Å². The molecular formula is C11H24N2O3S. The third-order valence-corrected chi connectivity index (χ3v) is 4.78. The quantitative estimate of drug-likeness (QED) is 0.700. The highest BCUT2D eigenvalue weighted by Crippen LogP contribution is 2.24. The van der Waals surface area contributed by atoms with Gasteiger partial charge in [-0.1, -0.05) is 19.3 Å². The van der Waals surface area contributed by atoms with E-state index in [0.717, 1.165) is 25.7 Å². The van der Waals surface area contributed by atoms with Crippen molar-refractivity contribution >= 4 is 10.0 Å². The van der Waals surface area contributed by atoms with E-state index in [9.17, 15) is 8.42 Å². The van der Waals surface area contributed by atoms with Gasteiger partial charge in [0.1, 0.15) is 0 Å². The molecule has 0 radical (unpaired) electrons. The van der Waals surface area contributed by atoms with E-state index in [-0.39, 0.29) is 18.3 Å². The second-order valence-electron chi connectivity index (χ2n) is 4.79. The van der Waals surface area contributed by atoms with Crippen LogP contribution in [0.1, 0.15) is 32.1 Å². The summed E-state index contributed by atoms with van der Waals surface area (Å²) >= 11 is 0. The number of methoxy groups -OCH3 is 1. The van der Waals surface area contributed by atoms with Gasteiger partial charge in [-0.25, -0.2) is 13.1 Å². The molecule has 6 heteroatoms. The smallest absolute Gasteiger partial charge is 0.212 e. The van der Waals surface area contributed by atoms with E-state index in [1.165, 1.54) is 13.5 Å². The van der Waals surface area contributed by atoms with Gasteiger partial charge in [0, 0.05) is 13.7 Å². The van der Waals surface area contributed by atoms with E-state index < -0.39 is 10.0 Å². The van der Waals surface area contributed by atoms with Crippen molar-refractivity contribution in [3.05, 3.63) is 0 Å². The Morgan fingerprint density at radius 1 is 1.35 bits per heavy atom. The topological polar surface area (TPSA) is 81.4 Å². The van der Waals surface area contributed by atoms with Gasteiger partial charge in [-0.2, -0.15) is 0 Å². The molecule has 1 saturated carbocycles. The van der Waals surface area contributed by atoms with Crippen LogP contribution in [0.15, 0.2) is 0 Å². The van der Waals surface area contributed by atoms with E-state index in [4.69, 9.17) is 10.5 Å². The Balaban J connectivity index is 2.43. The Labute approximate surface area is 104 Å². The van der Waals surface area contributed by atoms with E-state index in [2.05, 4.69) is 4.72 Å². The Morgan fingerprint density at radius 3 is 2.53 bits per heavy atom. The minimum Gasteiger partial charge on any atom is -0.383 e. The number of hydrogen-bond donors (Lipinski definition) is 2. The zero-order valence-electron chi connectivity index (χ0n) is 10.5. The van der Waals surface area contributed by atoms with Crippen LogP contribution < -0.4 is 10.5 Å². The Bertz CT molecular complexity index is 287. The molecule has 0 amide bonds. The molecule has 1 aliphatic carbocycles. The van der Waals surface area contributed by atoms with Crippen molar-refractivity contribution in [3.63, 3.8) is 0 Å². The van der Waals surface area contributed by atoms with Crippen LogP contribution in [0.2, 0.25) is 0 Å². The third-order valence-electron chi connectivity index (χ3n) is 3.18. The average Bonchev–Trinajstić information content (AvgIpc) is 2.29. The van der Waals surface area contributed by atoms with Crippen molar-refractivity contribution in [2.24, 2.45) is 11.7 Å². The maximum atomic E-state index is 11.9. The van der Waals surface area contributed by atoms with E-state index in [1.807, 2.05) is 0 Å². The summed E-state index contributed by atoms with van der Waals surface area (Å²) in [5.41, 5.74) is 5.49. The summed E-state index contributed by atoms with van der Waals surface area (Å²) in [6, 6.07) is -0.311. The van der Waals surface area contributed by atoms with Crippen LogP contribution in [0.5, 0.6) is 0 Å². The lowest BCUT2D eigenvalue weighted by molar-refractivity contribution is 0.177. The first-order chi connectivity index (χ1) is 8.07. The lowest BCUT2D eigenvalue weighted by Gasteiger charge is -2.23. The fourth-order valence-corrected chi connectivity index (χ4v) is 4.04. The molecule has 3 N–H and O–H groups in total. The minimum atomic E-state index is -3.22. The highest BCUT2D eigenvalue weighted by atomic mass is 32.2. The molecule has 1 rings (SSSR count). The molecule has 0 aliphatic heterocycles. The van der Waals surface area contributed by atoms with Crippen LogP contribution >= 0.6 is 0 Å². The van der Waals surface area contributed by atoms with Crippen molar-refractivity contribution in [1.82, 2.24) is 4.72 Å². The third kappa shape index (κ3) is 5.81. The number of nitrogens with two attached hydrogens (primary N) is 1. The Kier molecular flexibility index (Phi) is 6.40. The fourth-order valence-electron chi connectivity index (χ4n) is 2.32. The number of nitrogens with one attached hydrogen (secondary N) is 1. The number of hydrogen-bond acceptors (Lipinski definition) is 4. The lowest BCUT2D eigenvalue weighted by Crippen LogP contribution is -2.45. The van der Waals surface area contributed by atoms with Gasteiger partial charge in [-0.3, -0.25) is 0 Å². The number of ether oxygens (including phenoxy) is 1. The number of sulfonamides is 1. The Hall–Kier alpha value is -0.170. The second kappa shape index (κ2) is 7.31. The molecule has 0 heterocycles. The van der Waals surface area contributed by atoms with E-state index >= 15 is 0 Å². The van der Waals surface area contributed by atoms with Crippen molar-refractivity contribution < 1.29 is 13.2 Å². The predicted molar refractivity (Wildman–Crippen MR) is 68.2 cm³/mol. The van der Waals surface area contributed by atoms with Gasteiger partial charge >= 0.3 is 0 Å². The van der Waals surface area contributed by atoms with Gasteiger partial charge in [-0.15, -0.1) is 0 Å². The maximum Gasteiger partial charge on any atom is 0.212 e. The first-order valence-electron chi connectivity index (χ1n) is 6.26. The zero-order chi connectivity index (χ0) is 12.7. The largest absolute Gasteiger partial charge is 0.383 e. The van der Waals surface area contributed by atoms with E-state index in [0.29, 0.717) is 12.5 Å². The summed E-state index contributed by atoms with van der Waals surface area (Å²) in [5.74, 6) is 0.537. The highest BCUT2D eigenvalue weighted by Gasteiger charge is 2.23. The monoisotopic (exact) mass is 264 g/mol. The molecule has 17 heavy (non-hydrogen) atoms. The average molecular weight is 264 g/mol. The van der Waals surface area contributed by atoms with Gasteiger partial charge in [0.25, 0.3) is 0 Å². The molecule has 0 saturated heterocycles. The molecule has 1 unspecified atom stereocenters. The van der Waals surface area contributed by atoms with Crippen LogP contribution in [0.4, 0.5) is 0 Å². The molecule has 0 aromatic heterocycles. The van der Waals surface area contributed by atoms with Crippen LogP contribution in [0.3, 0.4) is 0 Å². The Morgan fingerprint density at radius 2 is 2.00 bits per heavy atom. The standard InChI is InChI=1S/C11H24N2O3S/c1-16-8-11(7-12)13-17(14,15)9-10-5-3-2-4-6-10/h10-11,13H,2-9,12H2,1H3. The van der Waals surface area contributed by atoms with Gasteiger partial charge < -0.3 is 10.5 Å². The van der Waals surface area contributed by atoms with Crippen LogP contribution in [-0.2, 0) is 14.8 Å². The summed E-state index contributed by atoms with van der Waals surface area (Å²) in [7, 11) is -1.68. The van der Waals surface area contributed by atoms with Gasteiger partial charge in [0.15, 0.2) is 0 Å². The summed E-state index contributed by atoms with van der Waals surface area (Å²) in [6.45, 7) is 0.581. The van der Waals surface area contributed by atoms with Crippen LogP contribution in [0, 0.1) is 5.92 Å². The molecule has 102 valence electrons. The highest BCUT2D eigenvalue weighted by molar-refractivity contribution is 7.89. The van der Waals surface area contributed by atoms with E-state index in [1.54, 1.807) is 0 Å². The predicted octanol–water partition coefficient (Wildman–Crippen LogP) is 0.460. The van der Waals surface area contributed by atoms with Crippen molar-refractivity contribution in [2.75, 3.05) is 26.0 Å². The molecule has 5 nitrogen and oxygen atoms in total. The zero-order valence-corrected chi connectivity index (χ0v) is 11.3. The molecule has 0 aromatic carbocycles. The van der Waals surface area contributed by atoms with Crippen molar-refractivity contribution in [2.45, 2.75) is 38.1 Å². The number of rotatable bonds is 7. The summed E-state index contributed by atoms with van der Waals surface area (Å²) in [5, 5.41) is 0. The van der Waals surface area contributed by atoms with Gasteiger partial charge in [0.2, 0.25) is 10.0 Å². The second-order valence-corrected chi connectivity index (χ2v) is 6.59. The van der Waals surface area contributed by atoms with Gasteiger partial charge in [-0.05, 0) is 18.8 Å². The van der Waals surface area contributed by atoms with Gasteiger partial charge in [0.05, 0.1) is 18.4 Å². The summed E-state index contributed by atoms with van der Waals surface area (Å²) < 4.78 is 31.4. The first-order valence-corrected chi connectivity index (χ1v) is 7.91. The van der Waals surface area contributed by atoms with Crippen LogP contribution in [-0.4, -0.2) is 40.5 Å². The first kappa shape index (κ1) is 14.9. The SMILES string of the molecule is COCC(CN)NS(=O)(=O)CC1CCCCC1. The molecule has 1 aliphatic rings. The summed E-state index contributed by atoms with van der Waals surface area (Å²) in [6.07, 6.45) is 5.59. The molecule has 0 aromatic rings. The van der Waals surface area contributed by atoms with Crippen molar-refractivity contribution in [1.29, 1.82) is 0 Å². The minimum absolute atomic E-state index is 0.229. The normalized spacial score (nSPS) is 20.4. The fraction of sp³-hybridized carbons (Fsp3) is 1.00.